The van der Waals surface area contributed by atoms with Crippen molar-refractivity contribution in [2.45, 2.75) is 101 Å². The molecule has 0 aliphatic heterocycles. The quantitative estimate of drug-likeness (QED) is 0.144. The van der Waals surface area contributed by atoms with Crippen LogP contribution < -0.4 is 0 Å². The Hall–Kier alpha value is -0.510. The summed E-state index contributed by atoms with van der Waals surface area (Å²) in [6, 6.07) is 16.8. The molecule has 0 fully saturated rings. The van der Waals surface area contributed by atoms with Crippen molar-refractivity contribution in [2.75, 3.05) is 0 Å². The molecule has 0 saturated carbocycles. The molecule has 5 heteroatoms. The topological polar surface area (TPSA) is 40.5 Å². The maximum absolute atomic E-state index is 10.5. The third-order valence-electron chi connectivity index (χ3n) is 5.68. The molecule has 2 nitrogen and oxygen atoms in total. The van der Waals surface area contributed by atoms with Crippen molar-refractivity contribution in [1.29, 1.82) is 0 Å². The van der Waals surface area contributed by atoms with E-state index in [4.69, 9.17) is 0 Å². The second-order valence-corrected chi connectivity index (χ2v) is 16.1. The fourth-order valence-electron chi connectivity index (χ4n) is 3.85. The summed E-state index contributed by atoms with van der Waals surface area (Å²) >= 11 is 4.24. The Bertz CT molecular complexity index is 743. The molecule has 174 valence electrons. The lowest BCUT2D eigenvalue weighted by atomic mass is 10.1. The van der Waals surface area contributed by atoms with Gasteiger partial charge in [0.1, 0.15) is 0 Å². The average Bonchev–Trinajstić information content (AvgIpc) is 2.75. The Labute approximate surface area is 197 Å². The molecule has 2 aromatic carbocycles. The van der Waals surface area contributed by atoms with Crippen molar-refractivity contribution in [2.24, 2.45) is 0 Å². The van der Waals surface area contributed by atoms with E-state index in [9.17, 15) is 9.79 Å². The summed E-state index contributed by atoms with van der Waals surface area (Å²) in [6.45, 7) is 4.48. The van der Waals surface area contributed by atoms with E-state index in [0.717, 1.165) is 22.6 Å². The molecule has 2 rings (SSSR count). The first-order valence-corrected chi connectivity index (χ1v) is 16.6. The first kappa shape index (κ1) is 26.7. The SMILES string of the molecule is CCCCCCCc1ccc(S(c2ccc(CCCCCCC)cc2)=P(O)(O)S)cc1. The molecule has 31 heavy (non-hydrogen) atoms. The largest absolute Gasteiger partial charge is 0.341 e. The van der Waals surface area contributed by atoms with Gasteiger partial charge in [-0.15, -0.1) is 0 Å². The molecule has 0 amide bonds. The van der Waals surface area contributed by atoms with Gasteiger partial charge in [0.25, 0.3) is 0 Å². The van der Waals surface area contributed by atoms with Crippen LogP contribution in [-0.4, -0.2) is 9.79 Å². The highest BCUT2D eigenvalue weighted by Gasteiger charge is 2.16. The zero-order valence-electron chi connectivity index (χ0n) is 19.3. The van der Waals surface area contributed by atoms with Crippen LogP contribution >= 0.6 is 17.9 Å². The molecule has 0 heterocycles. The molecular formula is C26H41O2PS2. The minimum Gasteiger partial charge on any atom is -0.341 e. The van der Waals surface area contributed by atoms with Crippen molar-refractivity contribution in [3.8, 4) is 0 Å². The van der Waals surface area contributed by atoms with E-state index in [0.29, 0.717) is 0 Å². The molecule has 0 unspecified atom stereocenters. The summed E-state index contributed by atoms with van der Waals surface area (Å²) in [5.74, 6) is 0. The monoisotopic (exact) mass is 480 g/mol. The highest BCUT2D eigenvalue weighted by Crippen LogP contribution is 2.51. The second-order valence-electron chi connectivity index (χ2n) is 8.41. The van der Waals surface area contributed by atoms with Gasteiger partial charge in [0.05, 0.1) is 0 Å². The number of benzene rings is 2. The Balaban J connectivity index is 2.04. The van der Waals surface area contributed by atoms with Crippen LogP contribution in [0.15, 0.2) is 58.3 Å². The van der Waals surface area contributed by atoms with Gasteiger partial charge in [-0.3, -0.25) is 0 Å². The molecule has 2 N–H and O–H groups in total. The highest BCUT2D eigenvalue weighted by molar-refractivity contribution is 8.65. The predicted octanol–water partition coefficient (Wildman–Crippen LogP) is 8.34. The van der Waals surface area contributed by atoms with Gasteiger partial charge in [-0.25, -0.2) is 0 Å². The predicted molar refractivity (Wildman–Crippen MR) is 142 cm³/mol. The molecule has 0 aliphatic rings. The van der Waals surface area contributed by atoms with Gasteiger partial charge in [0.2, 0.25) is 5.69 Å². The molecule has 0 spiro atoms. The summed E-state index contributed by atoms with van der Waals surface area (Å²) in [5, 5.41) is 0. The van der Waals surface area contributed by atoms with Gasteiger partial charge >= 0.3 is 0 Å². The van der Waals surface area contributed by atoms with Crippen LogP contribution in [0.4, 0.5) is 0 Å². The second kappa shape index (κ2) is 14.6. The van der Waals surface area contributed by atoms with Crippen molar-refractivity contribution in [3.63, 3.8) is 0 Å². The van der Waals surface area contributed by atoms with E-state index >= 15 is 0 Å². The number of aryl methyl sites for hydroxylation is 2. The van der Waals surface area contributed by atoms with Crippen molar-refractivity contribution in [3.05, 3.63) is 59.7 Å². The smallest absolute Gasteiger partial charge is 0.207 e. The van der Waals surface area contributed by atoms with Crippen molar-refractivity contribution in [1.82, 2.24) is 0 Å². The van der Waals surface area contributed by atoms with E-state index in [1.165, 1.54) is 75.3 Å². The van der Waals surface area contributed by atoms with Crippen LogP contribution in [0.3, 0.4) is 0 Å². The fourth-order valence-corrected chi connectivity index (χ4v) is 9.60. The summed E-state index contributed by atoms with van der Waals surface area (Å²) in [5.41, 5.74) is -0.704. The maximum atomic E-state index is 10.5. The third-order valence-corrected chi connectivity index (χ3v) is 11.8. The number of unbranched alkanes of at least 4 members (excludes halogenated alkanes) is 8. The van der Waals surface area contributed by atoms with Crippen LogP contribution in [0, 0.1) is 0 Å². The Kier molecular flexibility index (Phi) is 12.6. The highest BCUT2D eigenvalue weighted by atomic mass is 32.9. The normalized spacial score (nSPS) is 11.9. The van der Waals surface area contributed by atoms with Crippen LogP contribution in [0.5, 0.6) is 0 Å². The first-order valence-electron chi connectivity index (χ1n) is 12.0. The molecule has 0 bridgehead atoms. The van der Waals surface area contributed by atoms with Crippen LogP contribution in [0.1, 0.15) is 89.2 Å². The maximum Gasteiger partial charge on any atom is 0.207 e. The Morgan fingerprint density at radius 3 is 1.29 bits per heavy atom. The van der Waals surface area contributed by atoms with E-state index in [1.807, 2.05) is 0 Å². The van der Waals surface area contributed by atoms with E-state index < -0.39 is 15.8 Å². The van der Waals surface area contributed by atoms with Gasteiger partial charge in [-0.2, -0.15) is 0 Å². The summed E-state index contributed by atoms with van der Waals surface area (Å²) in [4.78, 5) is 22.9. The average molecular weight is 481 g/mol. The molecular weight excluding hydrogens is 439 g/mol. The number of hydrogen-bond donors (Lipinski definition) is 3. The van der Waals surface area contributed by atoms with Crippen LogP contribution in [-0.2, 0) is 22.9 Å². The molecule has 0 atom stereocenters. The van der Waals surface area contributed by atoms with Crippen molar-refractivity contribution < 1.29 is 9.79 Å². The lowest BCUT2D eigenvalue weighted by Gasteiger charge is -2.18. The van der Waals surface area contributed by atoms with Crippen LogP contribution in [0.2, 0.25) is 0 Å². The standard InChI is InChI=1S/C26H41O2PS2/c1-3-5-7-9-11-13-23-15-19-25(20-16-23)31(29(27,28)30)26-21-17-24(18-22-26)14-12-10-8-6-4-2/h15-22,27-28,30H,3-14H2,1-2H3. The molecule has 0 aliphatic carbocycles. The minimum atomic E-state index is -3.35. The zero-order chi connectivity index (χ0) is 22.5. The minimum absolute atomic E-state index is 0.819. The third kappa shape index (κ3) is 9.88. The summed E-state index contributed by atoms with van der Waals surface area (Å²) in [7, 11) is -0.819. The fraction of sp³-hybridized carbons (Fsp3) is 0.538. The van der Waals surface area contributed by atoms with Gasteiger partial charge < -0.3 is 9.79 Å². The Morgan fingerprint density at radius 1 is 0.613 bits per heavy atom. The molecule has 0 aromatic heterocycles. The van der Waals surface area contributed by atoms with Gasteiger partial charge in [-0.05, 0) is 61.1 Å². The van der Waals surface area contributed by atoms with Crippen LogP contribution in [0.25, 0.3) is 0 Å². The molecule has 0 radical (unpaired) electrons. The number of rotatable bonds is 14. The van der Waals surface area contributed by atoms with E-state index in [-0.39, 0.29) is 0 Å². The summed E-state index contributed by atoms with van der Waals surface area (Å²) in [6.07, 6.45) is 15.0. The lowest BCUT2D eigenvalue weighted by molar-refractivity contribution is 0.502. The Morgan fingerprint density at radius 2 is 0.968 bits per heavy atom. The zero-order valence-corrected chi connectivity index (χ0v) is 21.9. The summed E-state index contributed by atoms with van der Waals surface area (Å²) < 4.78 is 0. The molecule has 0 saturated heterocycles. The van der Waals surface area contributed by atoms with Gasteiger partial charge in [0.15, 0.2) is 0 Å². The number of hydrogen-bond acceptors (Lipinski definition) is 0. The van der Waals surface area contributed by atoms with E-state index in [1.54, 1.807) is 0 Å². The lowest BCUT2D eigenvalue weighted by Crippen LogP contribution is -1.97. The first-order chi connectivity index (χ1) is 15.0. The van der Waals surface area contributed by atoms with Gasteiger partial charge in [-0.1, -0.05) is 112 Å². The van der Waals surface area contributed by atoms with E-state index in [2.05, 4.69) is 74.6 Å². The van der Waals surface area contributed by atoms with Crippen molar-refractivity contribution >= 4 is 28.0 Å². The number of thiol groups is 1. The van der Waals surface area contributed by atoms with Gasteiger partial charge in [0, 0.05) is 9.79 Å². The molecule has 2 aromatic rings.